The van der Waals surface area contributed by atoms with Gasteiger partial charge in [-0.2, -0.15) is 0 Å². The van der Waals surface area contributed by atoms with Crippen molar-refractivity contribution >= 4 is 17.8 Å². The van der Waals surface area contributed by atoms with E-state index in [0.717, 1.165) is 0 Å². The van der Waals surface area contributed by atoms with Crippen LogP contribution in [0.5, 0.6) is 0 Å². The van der Waals surface area contributed by atoms with Crippen LogP contribution in [0.15, 0.2) is 30.3 Å². The molecule has 0 aliphatic heterocycles. The Hall–Kier alpha value is -2.37. The van der Waals surface area contributed by atoms with Gasteiger partial charge in [0.05, 0.1) is 5.92 Å². The van der Waals surface area contributed by atoms with Gasteiger partial charge in [0.25, 0.3) is 5.91 Å². The molecule has 6 heteroatoms. The van der Waals surface area contributed by atoms with E-state index >= 15 is 0 Å². The van der Waals surface area contributed by atoms with Crippen molar-refractivity contribution in [3.05, 3.63) is 35.9 Å². The van der Waals surface area contributed by atoms with Crippen LogP contribution in [0.25, 0.3) is 0 Å². The van der Waals surface area contributed by atoms with Gasteiger partial charge in [0.15, 0.2) is 0 Å². The lowest BCUT2D eigenvalue weighted by atomic mass is 10.0. The van der Waals surface area contributed by atoms with E-state index in [2.05, 4.69) is 5.32 Å². The van der Waals surface area contributed by atoms with Crippen LogP contribution in [-0.4, -0.2) is 34.1 Å². The van der Waals surface area contributed by atoms with Gasteiger partial charge in [-0.25, -0.2) is 4.79 Å². The summed E-state index contributed by atoms with van der Waals surface area (Å²) in [5.74, 6) is -4.49. The van der Waals surface area contributed by atoms with Gasteiger partial charge in [0.2, 0.25) is 0 Å². The summed E-state index contributed by atoms with van der Waals surface area (Å²) >= 11 is 0. The van der Waals surface area contributed by atoms with Gasteiger partial charge in [0.1, 0.15) is 6.04 Å². The van der Waals surface area contributed by atoms with Gasteiger partial charge in [-0.05, 0) is 19.1 Å². The first-order chi connectivity index (χ1) is 8.43. The third-order valence-electron chi connectivity index (χ3n) is 2.48. The number of rotatable bonds is 5. The first kappa shape index (κ1) is 13.7. The Morgan fingerprint density at radius 2 is 1.61 bits per heavy atom. The molecule has 2 unspecified atom stereocenters. The molecule has 0 fully saturated rings. The standard InChI is InChI=1S/C12H13NO5/c1-7(11(15)16)9(12(17)18)13-10(14)8-5-3-2-4-6-8/h2-7,9H,1H3,(H,13,14)(H,15,16)(H,17,18). The van der Waals surface area contributed by atoms with Crippen molar-refractivity contribution in [1.29, 1.82) is 0 Å². The SMILES string of the molecule is CC(C(=O)O)C(NC(=O)c1ccccc1)C(=O)O. The third kappa shape index (κ3) is 3.31. The fraction of sp³-hybridized carbons (Fsp3) is 0.250. The molecular formula is C12H13NO5. The van der Waals surface area contributed by atoms with E-state index in [9.17, 15) is 14.4 Å². The highest BCUT2D eigenvalue weighted by atomic mass is 16.4. The van der Waals surface area contributed by atoms with Crippen molar-refractivity contribution in [1.82, 2.24) is 5.32 Å². The minimum atomic E-state index is -1.46. The number of carboxylic acid groups (broad SMARTS) is 2. The molecule has 0 spiro atoms. The molecule has 6 nitrogen and oxygen atoms in total. The van der Waals surface area contributed by atoms with Crippen molar-refractivity contribution < 1.29 is 24.6 Å². The minimum Gasteiger partial charge on any atom is -0.481 e. The molecule has 0 aliphatic rings. The molecule has 0 saturated carbocycles. The fourth-order valence-corrected chi connectivity index (χ4v) is 1.36. The van der Waals surface area contributed by atoms with Gasteiger partial charge in [-0.1, -0.05) is 18.2 Å². The van der Waals surface area contributed by atoms with Crippen LogP contribution in [0.2, 0.25) is 0 Å². The van der Waals surface area contributed by atoms with Crippen molar-refractivity contribution in [2.75, 3.05) is 0 Å². The summed E-state index contributed by atoms with van der Waals surface area (Å²) < 4.78 is 0. The van der Waals surface area contributed by atoms with E-state index in [4.69, 9.17) is 10.2 Å². The maximum Gasteiger partial charge on any atom is 0.327 e. The van der Waals surface area contributed by atoms with Crippen molar-refractivity contribution in [3.8, 4) is 0 Å². The lowest BCUT2D eigenvalue weighted by molar-refractivity contribution is -0.149. The summed E-state index contributed by atoms with van der Waals surface area (Å²) in [5.41, 5.74) is 0.279. The maximum absolute atomic E-state index is 11.7. The van der Waals surface area contributed by atoms with Crippen LogP contribution in [-0.2, 0) is 9.59 Å². The zero-order valence-electron chi connectivity index (χ0n) is 9.66. The van der Waals surface area contributed by atoms with Gasteiger partial charge < -0.3 is 15.5 Å². The molecule has 96 valence electrons. The molecular weight excluding hydrogens is 238 g/mol. The van der Waals surface area contributed by atoms with E-state index in [-0.39, 0.29) is 5.56 Å². The summed E-state index contributed by atoms with van der Waals surface area (Å²) in [6, 6.07) is 6.54. The Balaban J connectivity index is 2.83. The molecule has 1 aromatic carbocycles. The number of carbonyl (C=O) groups is 3. The van der Waals surface area contributed by atoms with Crippen LogP contribution in [0.3, 0.4) is 0 Å². The van der Waals surface area contributed by atoms with E-state index in [1.807, 2.05) is 0 Å². The van der Waals surface area contributed by atoms with Crippen LogP contribution in [0.4, 0.5) is 0 Å². The first-order valence-electron chi connectivity index (χ1n) is 5.25. The quantitative estimate of drug-likeness (QED) is 0.710. The largest absolute Gasteiger partial charge is 0.481 e. The number of hydrogen-bond donors (Lipinski definition) is 3. The second-order valence-electron chi connectivity index (χ2n) is 3.78. The first-order valence-corrected chi connectivity index (χ1v) is 5.25. The number of carbonyl (C=O) groups excluding carboxylic acids is 1. The third-order valence-corrected chi connectivity index (χ3v) is 2.48. The molecule has 0 radical (unpaired) electrons. The molecule has 0 aliphatic carbocycles. The van der Waals surface area contributed by atoms with Crippen molar-refractivity contribution in [2.45, 2.75) is 13.0 Å². The molecule has 0 heterocycles. The van der Waals surface area contributed by atoms with E-state index in [1.165, 1.54) is 19.1 Å². The normalized spacial score (nSPS) is 13.4. The number of carboxylic acids is 2. The fourth-order valence-electron chi connectivity index (χ4n) is 1.36. The molecule has 0 saturated heterocycles. The highest BCUT2D eigenvalue weighted by Crippen LogP contribution is 2.06. The Morgan fingerprint density at radius 3 is 2.06 bits per heavy atom. The van der Waals surface area contributed by atoms with Gasteiger partial charge in [-0.3, -0.25) is 9.59 Å². The number of aliphatic carboxylic acids is 2. The number of hydrogen-bond acceptors (Lipinski definition) is 3. The van der Waals surface area contributed by atoms with E-state index < -0.39 is 29.8 Å². The monoisotopic (exact) mass is 251 g/mol. The second-order valence-corrected chi connectivity index (χ2v) is 3.78. The Bertz CT molecular complexity index is 457. The molecule has 1 amide bonds. The number of benzene rings is 1. The summed E-state index contributed by atoms with van der Waals surface area (Å²) in [6.07, 6.45) is 0. The lowest BCUT2D eigenvalue weighted by Gasteiger charge is -2.18. The minimum absolute atomic E-state index is 0.279. The zero-order valence-corrected chi connectivity index (χ0v) is 9.66. The smallest absolute Gasteiger partial charge is 0.327 e. The van der Waals surface area contributed by atoms with E-state index in [1.54, 1.807) is 18.2 Å². The van der Waals surface area contributed by atoms with Crippen LogP contribution >= 0.6 is 0 Å². The van der Waals surface area contributed by atoms with E-state index in [0.29, 0.717) is 0 Å². The van der Waals surface area contributed by atoms with Gasteiger partial charge in [0, 0.05) is 5.56 Å². The highest BCUT2D eigenvalue weighted by molar-refractivity contribution is 5.97. The van der Waals surface area contributed by atoms with Crippen molar-refractivity contribution in [2.24, 2.45) is 5.92 Å². The maximum atomic E-state index is 11.7. The zero-order chi connectivity index (χ0) is 13.7. The average Bonchev–Trinajstić information content (AvgIpc) is 2.35. The van der Waals surface area contributed by atoms with Crippen molar-refractivity contribution in [3.63, 3.8) is 0 Å². The summed E-state index contributed by atoms with van der Waals surface area (Å²) in [6.45, 7) is 1.23. The van der Waals surface area contributed by atoms with Crippen LogP contribution in [0.1, 0.15) is 17.3 Å². The predicted octanol–water partition coefficient (Wildman–Crippen LogP) is 0.590. The summed E-state index contributed by atoms with van der Waals surface area (Å²) in [4.78, 5) is 33.4. The molecule has 2 atom stereocenters. The molecule has 1 aromatic rings. The second kappa shape index (κ2) is 5.81. The molecule has 18 heavy (non-hydrogen) atoms. The summed E-state index contributed by atoms with van der Waals surface area (Å²) in [7, 11) is 0. The topological polar surface area (TPSA) is 104 Å². The molecule has 1 rings (SSSR count). The molecule has 3 N–H and O–H groups in total. The Kier molecular flexibility index (Phi) is 4.42. The Labute approximate surface area is 103 Å². The summed E-state index contributed by atoms with van der Waals surface area (Å²) in [5, 5.41) is 19.9. The molecule has 0 aromatic heterocycles. The average molecular weight is 251 g/mol. The number of amides is 1. The van der Waals surface area contributed by atoms with Crippen LogP contribution in [0, 0.1) is 5.92 Å². The lowest BCUT2D eigenvalue weighted by Crippen LogP contribution is -2.47. The molecule has 0 bridgehead atoms. The Morgan fingerprint density at radius 1 is 1.06 bits per heavy atom. The number of nitrogens with one attached hydrogen (secondary N) is 1. The van der Waals surface area contributed by atoms with Crippen LogP contribution < -0.4 is 5.32 Å². The van der Waals surface area contributed by atoms with Gasteiger partial charge in [-0.15, -0.1) is 0 Å². The highest BCUT2D eigenvalue weighted by Gasteiger charge is 2.31. The predicted molar refractivity (Wildman–Crippen MR) is 62.1 cm³/mol. The van der Waals surface area contributed by atoms with Gasteiger partial charge >= 0.3 is 11.9 Å².